The number of carbonyl (C=O) groups is 1. The highest BCUT2D eigenvalue weighted by molar-refractivity contribution is 5.85. The Hall–Kier alpha value is -2.18. The van der Waals surface area contributed by atoms with E-state index in [1.54, 1.807) is 4.90 Å². The van der Waals surface area contributed by atoms with Gasteiger partial charge in [-0.1, -0.05) is 29.8 Å². The minimum atomic E-state index is -0.718. The Morgan fingerprint density at radius 3 is 2.37 bits per heavy atom. The second kappa shape index (κ2) is 9.15. The fourth-order valence-electron chi connectivity index (χ4n) is 3.06. The molecule has 1 atom stereocenters. The maximum atomic E-state index is 13.7. The van der Waals surface area contributed by atoms with Crippen LogP contribution in [0.2, 0.25) is 0 Å². The van der Waals surface area contributed by atoms with Crippen LogP contribution in [0.15, 0.2) is 42.5 Å². The molecule has 1 heterocycles. The van der Waals surface area contributed by atoms with Crippen molar-refractivity contribution in [1.82, 2.24) is 4.90 Å². The molecular formula is C20H23ClF2N2O2. The molecule has 1 saturated heterocycles. The molecule has 2 aromatic carbocycles. The zero-order chi connectivity index (χ0) is 18.7. The number of benzene rings is 2. The Kier molecular flexibility index (Phi) is 7.16. The number of amides is 1. The first kappa shape index (κ1) is 21.1. The molecule has 0 saturated carbocycles. The molecule has 1 aliphatic rings. The van der Waals surface area contributed by atoms with E-state index in [0.29, 0.717) is 25.9 Å². The van der Waals surface area contributed by atoms with Crippen molar-refractivity contribution >= 4 is 18.3 Å². The molecule has 0 aliphatic carbocycles. The summed E-state index contributed by atoms with van der Waals surface area (Å²) in [6, 6.07) is 10.2. The molecule has 0 radical (unpaired) electrons. The molecule has 0 bridgehead atoms. The molecule has 146 valence electrons. The van der Waals surface area contributed by atoms with E-state index < -0.39 is 17.7 Å². The van der Waals surface area contributed by atoms with Crippen molar-refractivity contribution in [2.75, 3.05) is 13.1 Å². The zero-order valence-corrected chi connectivity index (χ0v) is 15.8. The van der Waals surface area contributed by atoms with E-state index in [9.17, 15) is 13.6 Å². The lowest BCUT2D eigenvalue weighted by Crippen LogP contribution is -2.45. The van der Waals surface area contributed by atoms with Crippen molar-refractivity contribution in [3.63, 3.8) is 0 Å². The molecule has 1 amide bonds. The van der Waals surface area contributed by atoms with Crippen molar-refractivity contribution in [3.8, 4) is 5.75 Å². The molecule has 7 heteroatoms. The summed E-state index contributed by atoms with van der Waals surface area (Å²) in [5.41, 5.74) is 8.00. The van der Waals surface area contributed by atoms with Crippen molar-refractivity contribution in [1.29, 1.82) is 0 Å². The van der Waals surface area contributed by atoms with E-state index >= 15 is 0 Å². The van der Waals surface area contributed by atoms with Gasteiger partial charge in [0.05, 0.1) is 0 Å². The lowest BCUT2D eigenvalue weighted by molar-refractivity contribution is -0.134. The number of nitrogens with zero attached hydrogens (tertiary/aromatic N) is 1. The van der Waals surface area contributed by atoms with Gasteiger partial charge < -0.3 is 15.4 Å². The van der Waals surface area contributed by atoms with Gasteiger partial charge in [0.1, 0.15) is 18.0 Å². The van der Waals surface area contributed by atoms with Gasteiger partial charge in [0.25, 0.3) is 0 Å². The highest BCUT2D eigenvalue weighted by Crippen LogP contribution is 2.24. The van der Waals surface area contributed by atoms with Crippen LogP contribution in [0.4, 0.5) is 8.78 Å². The van der Waals surface area contributed by atoms with E-state index in [0.717, 1.165) is 23.3 Å². The normalized spacial score (nSPS) is 15.8. The van der Waals surface area contributed by atoms with Crippen LogP contribution < -0.4 is 10.5 Å². The fourth-order valence-corrected chi connectivity index (χ4v) is 3.06. The topological polar surface area (TPSA) is 55.6 Å². The summed E-state index contributed by atoms with van der Waals surface area (Å²) in [5, 5.41) is 0. The molecule has 0 aromatic heterocycles. The molecule has 2 N–H and O–H groups in total. The van der Waals surface area contributed by atoms with Gasteiger partial charge in [0.2, 0.25) is 5.91 Å². The Morgan fingerprint density at radius 2 is 1.78 bits per heavy atom. The van der Waals surface area contributed by atoms with Crippen LogP contribution in [-0.2, 0) is 4.79 Å². The summed E-state index contributed by atoms with van der Waals surface area (Å²) < 4.78 is 32.3. The number of halogens is 3. The monoisotopic (exact) mass is 396 g/mol. The molecule has 1 fully saturated rings. The number of aryl methyl sites for hydroxylation is 1. The summed E-state index contributed by atoms with van der Waals surface area (Å²) in [6.45, 7) is 2.96. The average Bonchev–Trinajstić information content (AvgIpc) is 2.64. The van der Waals surface area contributed by atoms with Gasteiger partial charge in [-0.25, -0.2) is 8.78 Å². The molecule has 4 nitrogen and oxygen atoms in total. The van der Waals surface area contributed by atoms with E-state index in [4.69, 9.17) is 10.5 Å². The Balaban J connectivity index is 0.00000261. The molecule has 1 unspecified atom stereocenters. The molecule has 0 spiro atoms. The third kappa shape index (κ3) is 5.17. The first-order chi connectivity index (χ1) is 12.4. The summed E-state index contributed by atoms with van der Waals surface area (Å²) in [5.74, 6) is -1.45. The van der Waals surface area contributed by atoms with Gasteiger partial charge in [-0.2, -0.15) is 0 Å². The van der Waals surface area contributed by atoms with Gasteiger partial charge in [0, 0.05) is 32.0 Å². The fraction of sp³-hybridized carbons (Fsp3) is 0.350. The van der Waals surface area contributed by atoms with Crippen LogP contribution in [0.5, 0.6) is 5.75 Å². The van der Waals surface area contributed by atoms with Crippen LogP contribution in [-0.4, -0.2) is 30.0 Å². The van der Waals surface area contributed by atoms with E-state index in [1.807, 2.05) is 31.2 Å². The molecular weight excluding hydrogens is 374 g/mol. The smallest absolute Gasteiger partial charge is 0.244 e. The highest BCUT2D eigenvalue weighted by atomic mass is 35.5. The minimum absolute atomic E-state index is 0. The Bertz CT molecular complexity index is 778. The summed E-state index contributed by atoms with van der Waals surface area (Å²) in [6.07, 6.45) is 0.932. The number of hydrogen-bond donors (Lipinski definition) is 1. The standard InChI is InChI=1S/C20H22F2N2O2.ClH/c1-13-2-4-14(5-3-13)19(23)20(25)24-10-8-16(9-11-24)26-18-7-6-15(21)12-17(18)22;/h2-7,12,16,19H,8-11,23H2,1H3;1H. The van der Waals surface area contributed by atoms with Crippen LogP contribution in [0.25, 0.3) is 0 Å². The minimum Gasteiger partial charge on any atom is -0.487 e. The number of carbonyl (C=O) groups excluding carboxylic acids is 1. The number of piperidine rings is 1. The second-order valence-electron chi connectivity index (χ2n) is 6.61. The highest BCUT2D eigenvalue weighted by Gasteiger charge is 2.28. The van der Waals surface area contributed by atoms with Crippen molar-refractivity contribution in [3.05, 3.63) is 65.2 Å². The largest absolute Gasteiger partial charge is 0.487 e. The van der Waals surface area contributed by atoms with Crippen LogP contribution in [0, 0.1) is 18.6 Å². The maximum absolute atomic E-state index is 13.7. The number of rotatable bonds is 4. The van der Waals surface area contributed by atoms with Gasteiger partial charge in [-0.3, -0.25) is 4.79 Å². The SMILES string of the molecule is Cc1ccc(C(N)C(=O)N2CCC(Oc3ccc(F)cc3F)CC2)cc1.Cl. The summed E-state index contributed by atoms with van der Waals surface area (Å²) in [4.78, 5) is 14.3. The van der Waals surface area contributed by atoms with E-state index in [-0.39, 0.29) is 30.2 Å². The van der Waals surface area contributed by atoms with Crippen LogP contribution >= 0.6 is 12.4 Å². The molecule has 2 aromatic rings. The van der Waals surface area contributed by atoms with Gasteiger partial charge >= 0.3 is 0 Å². The number of nitrogens with two attached hydrogens (primary N) is 1. The second-order valence-corrected chi connectivity index (χ2v) is 6.61. The third-order valence-electron chi connectivity index (χ3n) is 4.64. The zero-order valence-electron chi connectivity index (χ0n) is 15.0. The van der Waals surface area contributed by atoms with E-state index in [2.05, 4.69) is 0 Å². The van der Waals surface area contributed by atoms with Gasteiger partial charge in [-0.05, 0) is 24.6 Å². The first-order valence-electron chi connectivity index (χ1n) is 8.66. The summed E-state index contributed by atoms with van der Waals surface area (Å²) >= 11 is 0. The summed E-state index contributed by atoms with van der Waals surface area (Å²) in [7, 11) is 0. The third-order valence-corrected chi connectivity index (χ3v) is 4.64. The molecule has 1 aliphatic heterocycles. The van der Waals surface area contributed by atoms with Crippen molar-refractivity contribution in [2.45, 2.75) is 31.9 Å². The molecule has 27 heavy (non-hydrogen) atoms. The van der Waals surface area contributed by atoms with Gasteiger partial charge in [0.15, 0.2) is 11.6 Å². The predicted molar refractivity (Wildman–Crippen MR) is 102 cm³/mol. The lowest BCUT2D eigenvalue weighted by Gasteiger charge is -2.33. The maximum Gasteiger partial charge on any atom is 0.244 e. The van der Waals surface area contributed by atoms with Crippen LogP contribution in [0.3, 0.4) is 0 Å². The number of ether oxygens (including phenoxy) is 1. The van der Waals surface area contributed by atoms with E-state index in [1.165, 1.54) is 6.07 Å². The average molecular weight is 397 g/mol. The van der Waals surface area contributed by atoms with Gasteiger partial charge in [-0.15, -0.1) is 12.4 Å². The quantitative estimate of drug-likeness (QED) is 0.856. The van der Waals surface area contributed by atoms with Crippen molar-refractivity contribution in [2.24, 2.45) is 5.73 Å². The van der Waals surface area contributed by atoms with Crippen LogP contribution in [0.1, 0.15) is 30.0 Å². The first-order valence-corrected chi connectivity index (χ1v) is 8.66. The molecule has 3 rings (SSSR count). The lowest BCUT2D eigenvalue weighted by atomic mass is 10.0. The Morgan fingerprint density at radius 1 is 1.15 bits per heavy atom. The van der Waals surface area contributed by atoms with Crippen molar-refractivity contribution < 1.29 is 18.3 Å². The predicted octanol–water partition coefficient (Wildman–Crippen LogP) is 3.76. The Labute approximate surface area is 163 Å². The number of hydrogen-bond acceptors (Lipinski definition) is 3. The number of likely N-dealkylation sites (tertiary alicyclic amines) is 1.